The molecule has 2 aromatic rings. The second-order valence-electron chi connectivity index (χ2n) is 6.10. The van der Waals surface area contributed by atoms with E-state index in [0.717, 1.165) is 12.1 Å². The van der Waals surface area contributed by atoms with Crippen LogP contribution in [0.2, 0.25) is 5.02 Å². The average Bonchev–Trinajstić information content (AvgIpc) is 2.60. The standard InChI is InChI=1S/C18H16ClF3N2O3/c1-24-8-11(9-25)27-15-6-5-10(7-14(15)24)23-17(26)16-12(18(20,21)22)3-2-4-13(16)19/h2-7,11,25H,8-9H2,1H3,(H,23,26). The Bertz CT molecular complexity index is 873. The Hall–Kier alpha value is -2.45. The quantitative estimate of drug-likeness (QED) is 0.822. The second kappa shape index (κ2) is 7.28. The SMILES string of the molecule is CN1CC(CO)Oc2ccc(NC(=O)c3c(Cl)cccc3C(F)(F)F)cc21. The molecule has 1 atom stereocenters. The number of anilines is 2. The number of benzene rings is 2. The molecule has 0 fully saturated rings. The summed E-state index contributed by atoms with van der Waals surface area (Å²) < 4.78 is 45.2. The summed E-state index contributed by atoms with van der Waals surface area (Å²) in [6.45, 7) is 0.290. The molecule has 0 aromatic heterocycles. The molecule has 27 heavy (non-hydrogen) atoms. The van der Waals surface area contributed by atoms with Crippen molar-refractivity contribution in [3.8, 4) is 5.75 Å². The van der Waals surface area contributed by atoms with Crippen molar-refractivity contribution in [2.75, 3.05) is 30.4 Å². The van der Waals surface area contributed by atoms with Crippen LogP contribution >= 0.6 is 11.6 Å². The monoisotopic (exact) mass is 400 g/mol. The predicted molar refractivity (Wildman–Crippen MR) is 95.6 cm³/mol. The molecule has 0 saturated carbocycles. The highest BCUT2D eigenvalue weighted by atomic mass is 35.5. The van der Waals surface area contributed by atoms with Crippen LogP contribution < -0.4 is 15.0 Å². The van der Waals surface area contributed by atoms with E-state index in [1.54, 1.807) is 19.2 Å². The van der Waals surface area contributed by atoms with Crippen molar-refractivity contribution in [2.45, 2.75) is 12.3 Å². The molecule has 1 aliphatic heterocycles. The van der Waals surface area contributed by atoms with E-state index in [4.69, 9.17) is 16.3 Å². The lowest BCUT2D eigenvalue weighted by atomic mass is 10.1. The van der Waals surface area contributed by atoms with Gasteiger partial charge in [0.1, 0.15) is 11.9 Å². The largest absolute Gasteiger partial charge is 0.484 e. The van der Waals surface area contributed by atoms with Crippen molar-refractivity contribution >= 4 is 28.9 Å². The molecule has 0 aliphatic carbocycles. The van der Waals surface area contributed by atoms with Gasteiger partial charge in [-0.05, 0) is 30.3 Å². The number of nitrogens with one attached hydrogen (secondary N) is 1. The van der Waals surface area contributed by atoms with Crippen LogP contribution in [0.1, 0.15) is 15.9 Å². The van der Waals surface area contributed by atoms with E-state index < -0.39 is 23.2 Å². The number of carbonyl (C=O) groups excluding carboxylic acids is 1. The molecule has 3 rings (SSSR count). The third-order valence-electron chi connectivity index (χ3n) is 4.15. The Morgan fingerprint density at radius 2 is 2.11 bits per heavy atom. The number of rotatable bonds is 3. The molecule has 0 bridgehead atoms. The molecule has 1 aliphatic rings. The molecule has 2 aromatic carbocycles. The normalized spacial score (nSPS) is 16.5. The summed E-state index contributed by atoms with van der Waals surface area (Å²) in [5.41, 5.74) is -0.788. The molecular formula is C18H16ClF3N2O3. The van der Waals surface area contributed by atoms with Gasteiger partial charge in [-0.2, -0.15) is 13.2 Å². The van der Waals surface area contributed by atoms with E-state index in [2.05, 4.69) is 5.32 Å². The highest BCUT2D eigenvalue weighted by molar-refractivity contribution is 6.34. The first kappa shape index (κ1) is 19.3. The summed E-state index contributed by atoms with van der Waals surface area (Å²) in [5.74, 6) is -0.449. The highest BCUT2D eigenvalue weighted by Gasteiger charge is 2.36. The smallest absolute Gasteiger partial charge is 0.417 e. The lowest BCUT2D eigenvalue weighted by Crippen LogP contribution is -2.39. The summed E-state index contributed by atoms with van der Waals surface area (Å²) in [6.07, 6.45) is -5.08. The van der Waals surface area contributed by atoms with Crippen LogP contribution in [0.25, 0.3) is 0 Å². The topological polar surface area (TPSA) is 61.8 Å². The summed E-state index contributed by atoms with van der Waals surface area (Å²) in [4.78, 5) is 14.3. The number of fused-ring (bicyclic) bond motifs is 1. The van der Waals surface area contributed by atoms with Gasteiger partial charge in [0, 0.05) is 12.7 Å². The first-order valence-corrected chi connectivity index (χ1v) is 8.38. The number of amides is 1. The molecule has 1 unspecified atom stereocenters. The van der Waals surface area contributed by atoms with Crippen LogP contribution in [-0.4, -0.2) is 37.3 Å². The van der Waals surface area contributed by atoms with Gasteiger partial charge in [0.15, 0.2) is 0 Å². The number of hydrogen-bond donors (Lipinski definition) is 2. The van der Waals surface area contributed by atoms with Gasteiger partial charge in [-0.25, -0.2) is 0 Å². The maximum absolute atomic E-state index is 13.2. The van der Waals surface area contributed by atoms with Crippen molar-refractivity contribution in [2.24, 2.45) is 0 Å². The van der Waals surface area contributed by atoms with Crippen LogP contribution in [0, 0.1) is 0 Å². The minimum atomic E-state index is -4.71. The zero-order valence-corrected chi connectivity index (χ0v) is 14.9. The molecule has 1 heterocycles. The summed E-state index contributed by atoms with van der Waals surface area (Å²) in [7, 11) is 1.78. The second-order valence-corrected chi connectivity index (χ2v) is 6.51. The van der Waals surface area contributed by atoms with Crippen LogP contribution in [0.4, 0.5) is 24.5 Å². The Morgan fingerprint density at radius 3 is 2.78 bits per heavy atom. The molecule has 0 saturated heterocycles. The lowest BCUT2D eigenvalue weighted by molar-refractivity contribution is -0.137. The number of likely N-dealkylation sites (N-methyl/N-ethyl adjacent to an activating group) is 1. The Labute approximate surface area is 158 Å². The van der Waals surface area contributed by atoms with E-state index in [1.807, 2.05) is 4.90 Å². The number of aliphatic hydroxyl groups is 1. The fourth-order valence-corrected chi connectivity index (χ4v) is 3.15. The third-order valence-corrected chi connectivity index (χ3v) is 4.46. The fourth-order valence-electron chi connectivity index (χ4n) is 2.89. The van der Waals surface area contributed by atoms with E-state index in [0.29, 0.717) is 23.7 Å². The molecular weight excluding hydrogens is 385 g/mol. The van der Waals surface area contributed by atoms with Crippen molar-refractivity contribution < 1.29 is 27.8 Å². The Morgan fingerprint density at radius 1 is 1.37 bits per heavy atom. The van der Waals surface area contributed by atoms with Crippen molar-refractivity contribution in [3.05, 3.63) is 52.5 Å². The zero-order chi connectivity index (χ0) is 19.8. The molecule has 0 spiro atoms. The maximum atomic E-state index is 13.2. The van der Waals surface area contributed by atoms with Gasteiger partial charge in [0.25, 0.3) is 5.91 Å². The zero-order valence-electron chi connectivity index (χ0n) is 14.2. The van der Waals surface area contributed by atoms with E-state index >= 15 is 0 Å². The first-order chi connectivity index (χ1) is 12.7. The molecule has 1 amide bonds. The van der Waals surface area contributed by atoms with Crippen LogP contribution in [0.3, 0.4) is 0 Å². The number of carbonyl (C=O) groups is 1. The average molecular weight is 401 g/mol. The number of nitrogens with zero attached hydrogens (tertiary/aromatic N) is 1. The molecule has 144 valence electrons. The molecule has 0 radical (unpaired) electrons. The first-order valence-electron chi connectivity index (χ1n) is 8.00. The van der Waals surface area contributed by atoms with Gasteiger partial charge in [-0.1, -0.05) is 17.7 Å². The summed E-state index contributed by atoms with van der Waals surface area (Å²) >= 11 is 5.85. The van der Waals surface area contributed by atoms with Gasteiger partial charge in [0.2, 0.25) is 0 Å². The van der Waals surface area contributed by atoms with Crippen molar-refractivity contribution in [1.82, 2.24) is 0 Å². The minimum absolute atomic E-state index is 0.144. The number of halogens is 4. The predicted octanol–water partition coefficient (Wildman–Crippen LogP) is 3.80. The third kappa shape index (κ3) is 3.96. The number of alkyl halides is 3. The number of ether oxygens (including phenoxy) is 1. The van der Waals surface area contributed by atoms with Crippen LogP contribution in [0.5, 0.6) is 5.75 Å². The van der Waals surface area contributed by atoms with Gasteiger partial charge >= 0.3 is 6.18 Å². The molecule has 9 heteroatoms. The summed E-state index contributed by atoms with van der Waals surface area (Å²) in [5, 5.41) is 11.4. The highest BCUT2D eigenvalue weighted by Crippen LogP contribution is 2.37. The van der Waals surface area contributed by atoms with E-state index in [1.165, 1.54) is 12.1 Å². The molecule has 5 nitrogen and oxygen atoms in total. The van der Waals surface area contributed by atoms with Crippen LogP contribution in [-0.2, 0) is 6.18 Å². The van der Waals surface area contributed by atoms with Gasteiger partial charge in [-0.15, -0.1) is 0 Å². The van der Waals surface area contributed by atoms with Gasteiger partial charge < -0.3 is 20.1 Å². The van der Waals surface area contributed by atoms with Gasteiger partial charge in [-0.3, -0.25) is 4.79 Å². The minimum Gasteiger partial charge on any atom is -0.484 e. The van der Waals surface area contributed by atoms with Crippen LogP contribution in [0.15, 0.2) is 36.4 Å². The molecule has 2 N–H and O–H groups in total. The Balaban J connectivity index is 1.90. The summed E-state index contributed by atoms with van der Waals surface area (Å²) in [6, 6.07) is 7.87. The van der Waals surface area contributed by atoms with Gasteiger partial charge in [0.05, 0.1) is 35.0 Å². The maximum Gasteiger partial charge on any atom is 0.417 e. The van der Waals surface area contributed by atoms with Crippen molar-refractivity contribution in [1.29, 1.82) is 0 Å². The number of aliphatic hydroxyl groups excluding tert-OH is 1. The van der Waals surface area contributed by atoms with Crippen molar-refractivity contribution in [3.63, 3.8) is 0 Å². The fraction of sp³-hybridized carbons (Fsp3) is 0.278. The van der Waals surface area contributed by atoms with E-state index in [-0.39, 0.29) is 17.7 Å². The lowest BCUT2D eigenvalue weighted by Gasteiger charge is -2.33. The Kier molecular flexibility index (Phi) is 5.21. The van der Waals surface area contributed by atoms with E-state index in [9.17, 15) is 23.1 Å². The number of hydrogen-bond acceptors (Lipinski definition) is 4.